The number of benzene rings is 1. The smallest absolute Gasteiger partial charge is 0.191 e. The molecule has 124 valence electrons. The molecule has 0 radical (unpaired) electrons. The first-order valence-corrected chi connectivity index (χ1v) is 8.17. The summed E-state index contributed by atoms with van der Waals surface area (Å²) in [6.07, 6.45) is 0.946. The van der Waals surface area contributed by atoms with Crippen LogP contribution in [0.1, 0.15) is 29.4 Å². The van der Waals surface area contributed by atoms with Gasteiger partial charge in [0.05, 0.1) is 12.2 Å². The molecule has 2 aromatic rings. The number of hydrogen-bond donors (Lipinski definition) is 2. The summed E-state index contributed by atoms with van der Waals surface area (Å²) in [5.41, 5.74) is 4.87. The van der Waals surface area contributed by atoms with Crippen molar-refractivity contribution in [3.8, 4) is 0 Å². The van der Waals surface area contributed by atoms with Gasteiger partial charge in [-0.25, -0.2) is 4.99 Å². The first-order chi connectivity index (χ1) is 11.1. The number of aromatic nitrogens is 2. The van der Waals surface area contributed by atoms with Crippen LogP contribution < -0.4 is 10.6 Å². The van der Waals surface area contributed by atoms with Gasteiger partial charge < -0.3 is 10.6 Å². The van der Waals surface area contributed by atoms with Crippen molar-refractivity contribution >= 4 is 5.96 Å². The molecule has 0 saturated carbocycles. The van der Waals surface area contributed by atoms with E-state index in [4.69, 9.17) is 0 Å². The molecule has 1 aromatic heterocycles. The van der Waals surface area contributed by atoms with E-state index >= 15 is 0 Å². The van der Waals surface area contributed by atoms with Crippen LogP contribution in [-0.2, 0) is 20.0 Å². The summed E-state index contributed by atoms with van der Waals surface area (Å²) < 4.78 is 1.94. The number of rotatable bonds is 6. The number of guanidine groups is 1. The molecule has 23 heavy (non-hydrogen) atoms. The molecule has 0 aliphatic rings. The van der Waals surface area contributed by atoms with Crippen molar-refractivity contribution in [1.29, 1.82) is 0 Å². The fourth-order valence-electron chi connectivity index (χ4n) is 2.58. The van der Waals surface area contributed by atoms with Crippen LogP contribution in [0.2, 0.25) is 0 Å². The summed E-state index contributed by atoms with van der Waals surface area (Å²) in [5.74, 6) is 0.857. The van der Waals surface area contributed by atoms with Crippen LogP contribution in [0.4, 0.5) is 0 Å². The topological polar surface area (TPSA) is 54.2 Å². The Morgan fingerprint density at radius 1 is 1.17 bits per heavy atom. The molecule has 1 heterocycles. The van der Waals surface area contributed by atoms with E-state index in [1.54, 1.807) is 0 Å². The highest BCUT2D eigenvalue weighted by Gasteiger charge is 2.08. The Balaban J connectivity index is 1.92. The monoisotopic (exact) mass is 313 g/mol. The highest BCUT2D eigenvalue weighted by Crippen LogP contribution is 2.11. The molecular weight excluding hydrogens is 286 g/mol. The lowest BCUT2D eigenvalue weighted by Gasteiger charge is -2.11. The van der Waals surface area contributed by atoms with E-state index in [1.165, 1.54) is 16.8 Å². The third-order valence-electron chi connectivity index (χ3n) is 3.93. The van der Waals surface area contributed by atoms with E-state index < -0.39 is 0 Å². The average molecular weight is 313 g/mol. The predicted molar refractivity (Wildman–Crippen MR) is 95.6 cm³/mol. The van der Waals surface area contributed by atoms with Gasteiger partial charge in [0.15, 0.2) is 5.96 Å². The lowest BCUT2D eigenvalue weighted by Crippen LogP contribution is -2.38. The predicted octanol–water partition coefficient (Wildman–Crippen LogP) is 2.33. The number of aliphatic imine (C=N–C) groups is 1. The molecule has 0 bridgehead atoms. The number of nitrogens with one attached hydrogen (secondary N) is 2. The summed E-state index contributed by atoms with van der Waals surface area (Å²) in [4.78, 5) is 4.64. The molecule has 1 aromatic carbocycles. The summed E-state index contributed by atoms with van der Waals surface area (Å²) >= 11 is 0. The second-order valence-electron chi connectivity index (χ2n) is 5.63. The summed E-state index contributed by atoms with van der Waals surface area (Å²) in [6.45, 7) is 8.64. The van der Waals surface area contributed by atoms with Crippen LogP contribution in [0.25, 0.3) is 0 Å². The highest BCUT2D eigenvalue weighted by atomic mass is 15.3. The van der Waals surface area contributed by atoms with Crippen molar-refractivity contribution in [1.82, 2.24) is 20.4 Å². The van der Waals surface area contributed by atoms with Gasteiger partial charge in [-0.2, -0.15) is 5.10 Å². The van der Waals surface area contributed by atoms with E-state index in [2.05, 4.69) is 53.6 Å². The van der Waals surface area contributed by atoms with Gasteiger partial charge >= 0.3 is 0 Å². The molecule has 0 aliphatic heterocycles. The minimum atomic E-state index is 0.682. The van der Waals surface area contributed by atoms with Crippen LogP contribution in [0.3, 0.4) is 0 Å². The van der Waals surface area contributed by atoms with Gasteiger partial charge in [0.1, 0.15) is 0 Å². The Hall–Kier alpha value is -2.30. The molecule has 2 rings (SSSR count). The van der Waals surface area contributed by atoms with E-state index in [0.29, 0.717) is 6.54 Å². The molecule has 0 fully saturated rings. The maximum atomic E-state index is 4.64. The fraction of sp³-hybridized carbons (Fsp3) is 0.444. The molecule has 0 unspecified atom stereocenters. The zero-order chi connectivity index (χ0) is 16.7. The van der Waals surface area contributed by atoms with Gasteiger partial charge in [0.25, 0.3) is 0 Å². The molecule has 0 spiro atoms. The lowest BCUT2D eigenvalue weighted by molar-refractivity contribution is 0.729. The minimum absolute atomic E-state index is 0.682. The second-order valence-corrected chi connectivity index (χ2v) is 5.63. The second kappa shape index (κ2) is 8.36. The van der Waals surface area contributed by atoms with Crippen LogP contribution in [-0.4, -0.2) is 28.8 Å². The first-order valence-electron chi connectivity index (χ1n) is 8.17. The van der Waals surface area contributed by atoms with Gasteiger partial charge in [-0.15, -0.1) is 0 Å². The molecule has 0 atom stereocenters. The fourth-order valence-corrected chi connectivity index (χ4v) is 2.58. The van der Waals surface area contributed by atoms with Crippen molar-refractivity contribution in [2.24, 2.45) is 12.0 Å². The molecule has 5 heteroatoms. The highest BCUT2D eigenvalue weighted by molar-refractivity contribution is 5.79. The maximum Gasteiger partial charge on any atom is 0.191 e. The van der Waals surface area contributed by atoms with E-state index in [-0.39, 0.29) is 0 Å². The molecule has 0 saturated heterocycles. The number of nitrogens with zero attached hydrogens (tertiary/aromatic N) is 3. The lowest BCUT2D eigenvalue weighted by atomic mass is 10.1. The Labute approximate surface area is 138 Å². The Morgan fingerprint density at radius 2 is 1.91 bits per heavy atom. The molecule has 5 nitrogen and oxygen atoms in total. The van der Waals surface area contributed by atoms with Crippen molar-refractivity contribution < 1.29 is 0 Å². The van der Waals surface area contributed by atoms with Crippen molar-refractivity contribution in [3.63, 3.8) is 0 Å². The average Bonchev–Trinajstić information content (AvgIpc) is 2.79. The van der Waals surface area contributed by atoms with E-state index in [1.807, 2.05) is 29.9 Å². The first kappa shape index (κ1) is 17.1. The molecular formula is C18H27N5. The Bertz CT molecular complexity index is 643. The van der Waals surface area contributed by atoms with Gasteiger partial charge in [0, 0.05) is 25.8 Å². The SMILES string of the molecule is CCNC(=NCc1ccccc1)NCCc1c(C)nn(C)c1C. The third-order valence-corrected chi connectivity index (χ3v) is 3.93. The van der Waals surface area contributed by atoms with Crippen LogP contribution in [0.15, 0.2) is 35.3 Å². The van der Waals surface area contributed by atoms with Gasteiger partial charge in [-0.3, -0.25) is 4.68 Å². The molecule has 0 amide bonds. The zero-order valence-corrected chi connectivity index (χ0v) is 14.6. The maximum absolute atomic E-state index is 4.64. The Kier molecular flexibility index (Phi) is 6.20. The summed E-state index contributed by atoms with van der Waals surface area (Å²) in [6, 6.07) is 10.3. The number of hydrogen-bond acceptors (Lipinski definition) is 2. The summed E-state index contributed by atoms with van der Waals surface area (Å²) in [5, 5.41) is 11.2. The molecule has 0 aliphatic carbocycles. The van der Waals surface area contributed by atoms with Crippen molar-refractivity contribution in [3.05, 3.63) is 52.8 Å². The van der Waals surface area contributed by atoms with E-state index in [9.17, 15) is 0 Å². The summed E-state index contributed by atoms with van der Waals surface area (Å²) in [7, 11) is 1.99. The normalized spacial score (nSPS) is 11.6. The third kappa shape index (κ3) is 4.84. The number of aryl methyl sites for hydroxylation is 2. The molecule has 2 N–H and O–H groups in total. The van der Waals surface area contributed by atoms with Gasteiger partial charge in [-0.1, -0.05) is 30.3 Å². The van der Waals surface area contributed by atoms with Crippen molar-refractivity contribution in [2.45, 2.75) is 33.7 Å². The van der Waals surface area contributed by atoms with Gasteiger partial charge in [-0.05, 0) is 38.3 Å². The van der Waals surface area contributed by atoms with Crippen LogP contribution in [0, 0.1) is 13.8 Å². The largest absolute Gasteiger partial charge is 0.357 e. The van der Waals surface area contributed by atoms with Crippen LogP contribution >= 0.6 is 0 Å². The zero-order valence-electron chi connectivity index (χ0n) is 14.6. The quantitative estimate of drug-likeness (QED) is 0.636. The Morgan fingerprint density at radius 3 is 2.52 bits per heavy atom. The standard InChI is InChI=1S/C18H27N5/c1-5-19-18(21-13-16-9-7-6-8-10-16)20-12-11-17-14(2)22-23(4)15(17)3/h6-10H,5,11-13H2,1-4H3,(H2,19,20,21). The minimum Gasteiger partial charge on any atom is -0.357 e. The van der Waals surface area contributed by atoms with Crippen molar-refractivity contribution in [2.75, 3.05) is 13.1 Å². The van der Waals surface area contributed by atoms with Crippen LogP contribution in [0.5, 0.6) is 0 Å². The van der Waals surface area contributed by atoms with Gasteiger partial charge in [0.2, 0.25) is 0 Å². The van der Waals surface area contributed by atoms with E-state index in [0.717, 1.165) is 31.2 Å².